The minimum atomic E-state index is 0.0803. The van der Waals surface area contributed by atoms with Crippen LogP contribution < -0.4 is 19.5 Å². The number of carbonyl (C=O) groups is 1. The molecule has 2 rings (SSSR count). The maximum atomic E-state index is 12.2. The van der Waals surface area contributed by atoms with Gasteiger partial charge in [-0.3, -0.25) is 9.69 Å². The van der Waals surface area contributed by atoms with E-state index in [2.05, 4.69) is 17.1 Å². The Labute approximate surface area is 150 Å². The van der Waals surface area contributed by atoms with Crippen molar-refractivity contribution >= 4 is 5.91 Å². The maximum absolute atomic E-state index is 12.2. The van der Waals surface area contributed by atoms with E-state index in [1.54, 1.807) is 21.3 Å². The quantitative estimate of drug-likeness (QED) is 0.740. The van der Waals surface area contributed by atoms with Crippen LogP contribution in [0, 0.1) is 0 Å². The lowest BCUT2D eigenvalue weighted by Gasteiger charge is -2.22. The van der Waals surface area contributed by atoms with Gasteiger partial charge in [0.1, 0.15) is 0 Å². The fourth-order valence-corrected chi connectivity index (χ4v) is 3.40. The number of benzene rings is 1. The first-order chi connectivity index (χ1) is 12.1. The van der Waals surface area contributed by atoms with Crippen molar-refractivity contribution in [3.05, 3.63) is 17.7 Å². The molecule has 0 saturated carbocycles. The second kappa shape index (κ2) is 9.51. The summed E-state index contributed by atoms with van der Waals surface area (Å²) in [5.41, 5.74) is 0.987. The number of methoxy groups -OCH3 is 3. The molecule has 6 nitrogen and oxygen atoms in total. The number of likely N-dealkylation sites (N-methyl/N-ethyl adjacent to an activating group) is 1. The third-order valence-corrected chi connectivity index (χ3v) is 4.81. The van der Waals surface area contributed by atoms with Crippen LogP contribution in [0.3, 0.4) is 0 Å². The summed E-state index contributed by atoms with van der Waals surface area (Å²) in [4.78, 5) is 14.6. The minimum absolute atomic E-state index is 0.0803. The predicted molar refractivity (Wildman–Crippen MR) is 97.7 cm³/mol. The lowest BCUT2D eigenvalue weighted by Crippen LogP contribution is -2.40. The smallest absolute Gasteiger partial charge is 0.220 e. The molecule has 1 heterocycles. The molecule has 1 atom stereocenters. The van der Waals surface area contributed by atoms with Crippen molar-refractivity contribution < 1.29 is 19.0 Å². The number of nitrogens with zero attached hydrogens (tertiary/aromatic N) is 1. The Balaban J connectivity index is 1.88. The van der Waals surface area contributed by atoms with Crippen molar-refractivity contribution in [2.24, 2.45) is 0 Å². The molecule has 0 aliphatic carbocycles. The summed E-state index contributed by atoms with van der Waals surface area (Å²) < 4.78 is 16.0. The zero-order chi connectivity index (χ0) is 18.2. The minimum Gasteiger partial charge on any atom is -0.493 e. The predicted octanol–water partition coefficient (Wildman–Crippen LogP) is 2.25. The molecule has 1 N–H and O–H groups in total. The third-order valence-electron chi connectivity index (χ3n) is 4.81. The standard InChI is InChI=1S/C19H30N2O4/c1-5-21-10-6-7-15(21)13-20-18(22)9-8-14-11-16(23-2)19(25-4)17(12-14)24-3/h11-12,15H,5-10,13H2,1-4H3,(H,20,22)/t15-/m0/s1. The molecule has 1 fully saturated rings. The normalized spacial score (nSPS) is 17.4. The third kappa shape index (κ3) is 5.01. The highest BCUT2D eigenvalue weighted by Gasteiger charge is 2.23. The summed E-state index contributed by atoms with van der Waals surface area (Å²) in [7, 11) is 4.76. The van der Waals surface area contributed by atoms with Crippen molar-refractivity contribution in [2.75, 3.05) is 41.0 Å². The molecule has 1 aliphatic rings. The number of nitrogens with one attached hydrogen (secondary N) is 1. The number of rotatable bonds is 9. The van der Waals surface area contributed by atoms with E-state index in [0.29, 0.717) is 36.1 Å². The number of likely N-dealkylation sites (tertiary alicyclic amines) is 1. The van der Waals surface area contributed by atoms with Crippen LogP contribution >= 0.6 is 0 Å². The molecule has 1 aromatic carbocycles. The van der Waals surface area contributed by atoms with E-state index in [9.17, 15) is 4.79 Å². The molecule has 0 radical (unpaired) electrons. The van der Waals surface area contributed by atoms with Crippen molar-refractivity contribution in [2.45, 2.75) is 38.6 Å². The Hall–Kier alpha value is -1.95. The molecule has 140 valence electrons. The van der Waals surface area contributed by atoms with E-state index in [1.165, 1.54) is 12.8 Å². The zero-order valence-corrected chi connectivity index (χ0v) is 15.8. The Kier molecular flexibility index (Phi) is 7.37. The van der Waals surface area contributed by atoms with E-state index in [4.69, 9.17) is 14.2 Å². The summed E-state index contributed by atoms with van der Waals surface area (Å²) >= 11 is 0. The molecule has 25 heavy (non-hydrogen) atoms. The molecule has 0 spiro atoms. The van der Waals surface area contributed by atoms with Gasteiger partial charge in [-0.1, -0.05) is 6.92 Å². The highest BCUT2D eigenvalue weighted by atomic mass is 16.5. The number of carbonyl (C=O) groups excluding carboxylic acids is 1. The molecule has 0 bridgehead atoms. The van der Waals surface area contributed by atoms with E-state index in [0.717, 1.165) is 25.2 Å². The van der Waals surface area contributed by atoms with Gasteiger partial charge in [-0.05, 0) is 50.0 Å². The molecule has 1 saturated heterocycles. The van der Waals surface area contributed by atoms with Crippen LogP contribution in [0.1, 0.15) is 31.7 Å². The van der Waals surface area contributed by atoms with Gasteiger partial charge in [0.25, 0.3) is 0 Å². The molecule has 1 aromatic rings. The van der Waals surface area contributed by atoms with Gasteiger partial charge in [0.15, 0.2) is 11.5 Å². The number of hydrogen-bond donors (Lipinski definition) is 1. The van der Waals surface area contributed by atoms with Crippen LogP contribution in [-0.2, 0) is 11.2 Å². The Morgan fingerprint density at radius 2 is 1.88 bits per heavy atom. The molecule has 0 unspecified atom stereocenters. The van der Waals surface area contributed by atoms with Crippen LogP contribution in [-0.4, -0.2) is 57.8 Å². The fraction of sp³-hybridized carbons (Fsp3) is 0.632. The highest BCUT2D eigenvalue weighted by molar-refractivity contribution is 5.76. The molecule has 0 aromatic heterocycles. The van der Waals surface area contributed by atoms with Gasteiger partial charge >= 0.3 is 0 Å². The Morgan fingerprint density at radius 1 is 1.20 bits per heavy atom. The molecule has 6 heteroatoms. The van der Waals surface area contributed by atoms with Crippen molar-refractivity contribution in [3.8, 4) is 17.2 Å². The van der Waals surface area contributed by atoms with Gasteiger partial charge < -0.3 is 19.5 Å². The van der Waals surface area contributed by atoms with Crippen molar-refractivity contribution in [1.29, 1.82) is 0 Å². The largest absolute Gasteiger partial charge is 0.493 e. The van der Waals surface area contributed by atoms with Gasteiger partial charge in [-0.25, -0.2) is 0 Å². The van der Waals surface area contributed by atoms with Crippen LogP contribution in [0.5, 0.6) is 17.2 Å². The summed E-state index contributed by atoms with van der Waals surface area (Å²) in [5, 5.41) is 3.07. The van der Waals surface area contributed by atoms with Gasteiger partial charge in [0.05, 0.1) is 21.3 Å². The molecular weight excluding hydrogens is 320 g/mol. The van der Waals surface area contributed by atoms with Gasteiger partial charge in [0.2, 0.25) is 11.7 Å². The number of amides is 1. The first-order valence-corrected chi connectivity index (χ1v) is 8.92. The lowest BCUT2D eigenvalue weighted by molar-refractivity contribution is -0.121. The van der Waals surface area contributed by atoms with E-state index >= 15 is 0 Å². The fourth-order valence-electron chi connectivity index (χ4n) is 3.40. The summed E-state index contributed by atoms with van der Waals surface area (Å²) in [6.45, 7) is 5.10. The zero-order valence-electron chi connectivity index (χ0n) is 15.8. The van der Waals surface area contributed by atoms with E-state index < -0.39 is 0 Å². The topological polar surface area (TPSA) is 60.0 Å². The average Bonchev–Trinajstić information content (AvgIpc) is 3.11. The van der Waals surface area contributed by atoms with Crippen molar-refractivity contribution in [3.63, 3.8) is 0 Å². The van der Waals surface area contributed by atoms with Crippen molar-refractivity contribution in [1.82, 2.24) is 10.2 Å². The number of ether oxygens (including phenoxy) is 3. The first-order valence-electron chi connectivity index (χ1n) is 8.92. The monoisotopic (exact) mass is 350 g/mol. The maximum Gasteiger partial charge on any atom is 0.220 e. The molecular formula is C19H30N2O4. The molecule has 1 aliphatic heterocycles. The summed E-state index contributed by atoms with van der Waals surface area (Å²) in [6.07, 6.45) is 3.46. The van der Waals surface area contributed by atoms with Crippen LogP contribution in [0.25, 0.3) is 0 Å². The number of hydrogen-bond acceptors (Lipinski definition) is 5. The van der Waals surface area contributed by atoms with E-state index in [-0.39, 0.29) is 5.91 Å². The SMILES string of the molecule is CCN1CCC[C@H]1CNC(=O)CCc1cc(OC)c(OC)c(OC)c1. The second-order valence-corrected chi connectivity index (χ2v) is 6.26. The van der Waals surface area contributed by atoms with E-state index in [1.807, 2.05) is 12.1 Å². The average molecular weight is 350 g/mol. The Bertz CT molecular complexity index is 552. The summed E-state index contributed by atoms with van der Waals surface area (Å²) in [6, 6.07) is 4.27. The van der Waals surface area contributed by atoms with Crippen LogP contribution in [0.15, 0.2) is 12.1 Å². The van der Waals surface area contributed by atoms with Gasteiger partial charge in [0, 0.05) is 19.0 Å². The molecule has 1 amide bonds. The Morgan fingerprint density at radius 3 is 2.44 bits per heavy atom. The second-order valence-electron chi connectivity index (χ2n) is 6.26. The number of aryl methyl sites for hydroxylation is 1. The highest BCUT2D eigenvalue weighted by Crippen LogP contribution is 2.38. The van der Waals surface area contributed by atoms with Crippen LogP contribution in [0.2, 0.25) is 0 Å². The lowest BCUT2D eigenvalue weighted by atomic mass is 10.1. The van der Waals surface area contributed by atoms with Gasteiger partial charge in [-0.2, -0.15) is 0 Å². The van der Waals surface area contributed by atoms with Gasteiger partial charge in [-0.15, -0.1) is 0 Å². The van der Waals surface area contributed by atoms with Crippen LogP contribution in [0.4, 0.5) is 0 Å². The summed E-state index contributed by atoms with van der Waals surface area (Å²) in [5.74, 6) is 1.87. The first kappa shape index (κ1) is 19.4.